The Balaban J connectivity index is 1.54. The number of nitrogens with zero attached hydrogens (tertiary/aromatic N) is 5. The molecule has 0 aliphatic carbocycles. The molecule has 1 aromatic carbocycles. The predicted molar refractivity (Wildman–Crippen MR) is 103 cm³/mol. The van der Waals surface area contributed by atoms with Crippen LogP contribution in [0.3, 0.4) is 0 Å². The summed E-state index contributed by atoms with van der Waals surface area (Å²) in [6.07, 6.45) is 3.56. The van der Waals surface area contributed by atoms with Gasteiger partial charge in [0.1, 0.15) is 17.0 Å². The summed E-state index contributed by atoms with van der Waals surface area (Å²) in [7, 11) is 0. The van der Waals surface area contributed by atoms with E-state index in [0.29, 0.717) is 6.54 Å². The van der Waals surface area contributed by atoms with Gasteiger partial charge >= 0.3 is 0 Å². The van der Waals surface area contributed by atoms with E-state index < -0.39 is 0 Å². The smallest absolute Gasteiger partial charge is 0.160 e. The molecule has 4 heterocycles. The van der Waals surface area contributed by atoms with Crippen LogP contribution in [0.1, 0.15) is 5.82 Å². The molecule has 4 aromatic heterocycles. The Labute approximate surface area is 153 Å². The molecule has 7 heteroatoms. The van der Waals surface area contributed by atoms with Gasteiger partial charge in [-0.25, -0.2) is 9.97 Å². The maximum Gasteiger partial charge on any atom is 0.160 e. The van der Waals surface area contributed by atoms with Gasteiger partial charge in [0.05, 0.1) is 11.9 Å². The van der Waals surface area contributed by atoms with Crippen LogP contribution in [0.4, 0.5) is 5.82 Å². The van der Waals surface area contributed by atoms with Crippen LogP contribution < -0.4 is 5.32 Å². The van der Waals surface area contributed by atoms with E-state index in [1.807, 2.05) is 47.0 Å². The Morgan fingerprint density at radius 2 is 1.85 bits per heavy atom. The van der Waals surface area contributed by atoms with Crippen molar-refractivity contribution in [3.8, 4) is 11.1 Å². The third-order valence-electron chi connectivity index (χ3n) is 4.25. The van der Waals surface area contributed by atoms with Crippen LogP contribution in [0.2, 0.25) is 0 Å². The van der Waals surface area contributed by atoms with Crippen LogP contribution >= 0.6 is 11.3 Å². The largest absolute Gasteiger partial charge is 0.362 e. The van der Waals surface area contributed by atoms with E-state index in [2.05, 4.69) is 43.0 Å². The average molecular weight is 358 g/mol. The zero-order valence-electron chi connectivity index (χ0n) is 13.7. The molecule has 0 aliphatic rings. The van der Waals surface area contributed by atoms with Crippen molar-refractivity contribution in [3.63, 3.8) is 0 Å². The lowest BCUT2D eigenvalue weighted by atomic mass is 10.1. The lowest BCUT2D eigenvalue weighted by Crippen LogP contribution is -2.06. The zero-order valence-corrected chi connectivity index (χ0v) is 14.5. The molecular formula is C19H14N6S. The summed E-state index contributed by atoms with van der Waals surface area (Å²) < 4.78 is 1.97. The second-order valence-corrected chi connectivity index (χ2v) is 6.67. The van der Waals surface area contributed by atoms with Crippen LogP contribution in [-0.4, -0.2) is 24.6 Å². The van der Waals surface area contributed by atoms with Crippen molar-refractivity contribution in [1.82, 2.24) is 24.6 Å². The van der Waals surface area contributed by atoms with Crippen LogP contribution in [0.25, 0.3) is 27.0 Å². The van der Waals surface area contributed by atoms with Crippen LogP contribution in [0, 0.1) is 0 Å². The molecule has 5 rings (SSSR count). The normalized spacial score (nSPS) is 11.2. The maximum atomic E-state index is 4.47. The highest BCUT2D eigenvalue weighted by Gasteiger charge is 2.13. The number of pyridine rings is 1. The highest BCUT2D eigenvalue weighted by molar-refractivity contribution is 7.17. The lowest BCUT2D eigenvalue weighted by Gasteiger charge is -2.07. The highest BCUT2D eigenvalue weighted by atomic mass is 32.1. The van der Waals surface area contributed by atoms with Crippen molar-refractivity contribution in [2.45, 2.75) is 6.54 Å². The Morgan fingerprint density at radius 1 is 0.962 bits per heavy atom. The molecule has 0 bridgehead atoms. The van der Waals surface area contributed by atoms with Crippen molar-refractivity contribution < 1.29 is 0 Å². The number of fused-ring (bicyclic) bond motifs is 2. The topological polar surface area (TPSA) is 68.0 Å². The third-order valence-corrected chi connectivity index (χ3v) is 5.14. The minimum atomic E-state index is 0.529. The quantitative estimate of drug-likeness (QED) is 0.526. The number of aromatic nitrogens is 5. The number of anilines is 1. The minimum Gasteiger partial charge on any atom is -0.362 e. The Kier molecular flexibility index (Phi) is 3.57. The molecule has 6 nitrogen and oxygen atoms in total. The van der Waals surface area contributed by atoms with Crippen LogP contribution in [0.5, 0.6) is 0 Å². The monoisotopic (exact) mass is 358 g/mol. The molecule has 1 N–H and O–H groups in total. The summed E-state index contributed by atoms with van der Waals surface area (Å²) in [5, 5.41) is 15.0. The Morgan fingerprint density at radius 3 is 2.77 bits per heavy atom. The van der Waals surface area contributed by atoms with Gasteiger partial charge in [-0.05, 0) is 17.7 Å². The summed E-state index contributed by atoms with van der Waals surface area (Å²) in [6.45, 7) is 0.529. The van der Waals surface area contributed by atoms with Gasteiger partial charge in [-0.2, -0.15) is 0 Å². The Bertz CT molecular complexity index is 1190. The van der Waals surface area contributed by atoms with Crippen molar-refractivity contribution in [3.05, 3.63) is 72.3 Å². The summed E-state index contributed by atoms with van der Waals surface area (Å²) >= 11 is 1.62. The van der Waals surface area contributed by atoms with E-state index in [1.165, 1.54) is 0 Å². The van der Waals surface area contributed by atoms with Crippen molar-refractivity contribution in [2.24, 2.45) is 0 Å². The zero-order chi connectivity index (χ0) is 17.3. The second kappa shape index (κ2) is 6.20. The van der Waals surface area contributed by atoms with E-state index in [9.17, 15) is 0 Å². The van der Waals surface area contributed by atoms with Crippen LogP contribution in [0.15, 0.2) is 66.4 Å². The predicted octanol–water partition coefficient (Wildman–Crippen LogP) is 4.01. The van der Waals surface area contributed by atoms with E-state index in [1.54, 1.807) is 17.7 Å². The summed E-state index contributed by atoms with van der Waals surface area (Å²) in [6, 6.07) is 16.2. The number of nitrogens with one attached hydrogen (secondary N) is 1. The van der Waals surface area contributed by atoms with Gasteiger partial charge in [-0.3, -0.25) is 4.40 Å². The van der Waals surface area contributed by atoms with E-state index in [-0.39, 0.29) is 0 Å². The molecular weight excluding hydrogens is 344 g/mol. The number of benzene rings is 1. The van der Waals surface area contributed by atoms with Crippen molar-refractivity contribution in [1.29, 1.82) is 0 Å². The average Bonchev–Trinajstić information content (AvgIpc) is 3.32. The van der Waals surface area contributed by atoms with Crippen molar-refractivity contribution >= 4 is 33.0 Å². The summed E-state index contributed by atoms with van der Waals surface area (Å²) in [5.74, 6) is 1.65. The van der Waals surface area contributed by atoms with E-state index >= 15 is 0 Å². The number of thiophene rings is 1. The highest BCUT2D eigenvalue weighted by Crippen LogP contribution is 2.36. The molecule has 0 amide bonds. The first kappa shape index (κ1) is 15.0. The molecule has 0 aliphatic heterocycles. The molecule has 0 spiro atoms. The SMILES string of the molecule is c1ccc(-c2csc3ncnc(NCc4nnc5ccccn45)c23)cc1. The fourth-order valence-electron chi connectivity index (χ4n) is 3.01. The molecule has 126 valence electrons. The van der Waals surface area contributed by atoms with Gasteiger partial charge in [-0.1, -0.05) is 36.4 Å². The fraction of sp³-hybridized carbons (Fsp3) is 0.0526. The van der Waals surface area contributed by atoms with Gasteiger partial charge < -0.3 is 5.32 Å². The van der Waals surface area contributed by atoms with Gasteiger partial charge in [0, 0.05) is 17.1 Å². The number of rotatable bonds is 4. The van der Waals surface area contributed by atoms with Gasteiger partial charge in [0.2, 0.25) is 0 Å². The number of hydrogen-bond acceptors (Lipinski definition) is 6. The first-order chi connectivity index (χ1) is 12.9. The molecule has 0 atom stereocenters. The molecule has 0 saturated carbocycles. The summed E-state index contributed by atoms with van der Waals surface area (Å²) in [5.41, 5.74) is 3.13. The van der Waals surface area contributed by atoms with Crippen molar-refractivity contribution in [2.75, 3.05) is 5.32 Å². The van der Waals surface area contributed by atoms with Crippen LogP contribution in [-0.2, 0) is 6.54 Å². The first-order valence-corrected chi connectivity index (χ1v) is 9.08. The standard InChI is InChI=1S/C19H14N6S/c1-2-6-13(7-3-1)14-11-26-19-17(14)18(21-12-22-19)20-10-16-24-23-15-8-4-5-9-25(15)16/h1-9,11-12H,10H2,(H,20,21,22). The lowest BCUT2D eigenvalue weighted by molar-refractivity contribution is 0.912. The van der Waals surface area contributed by atoms with Gasteiger partial charge in [-0.15, -0.1) is 21.5 Å². The fourth-order valence-corrected chi connectivity index (χ4v) is 3.93. The molecule has 0 radical (unpaired) electrons. The molecule has 5 aromatic rings. The van der Waals surface area contributed by atoms with E-state index in [0.717, 1.165) is 38.6 Å². The summed E-state index contributed by atoms with van der Waals surface area (Å²) in [4.78, 5) is 9.85. The first-order valence-electron chi connectivity index (χ1n) is 8.20. The second-order valence-electron chi connectivity index (χ2n) is 5.82. The Hall–Kier alpha value is -3.32. The molecule has 0 unspecified atom stereocenters. The molecule has 26 heavy (non-hydrogen) atoms. The maximum absolute atomic E-state index is 4.47. The molecule has 0 saturated heterocycles. The minimum absolute atomic E-state index is 0.529. The molecule has 0 fully saturated rings. The van der Waals surface area contributed by atoms with Gasteiger partial charge in [0.25, 0.3) is 0 Å². The van der Waals surface area contributed by atoms with E-state index in [4.69, 9.17) is 0 Å². The third kappa shape index (κ3) is 2.49. The number of hydrogen-bond donors (Lipinski definition) is 1. The van der Waals surface area contributed by atoms with Gasteiger partial charge in [0.15, 0.2) is 11.5 Å².